The lowest BCUT2D eigenvalue weighted by atomic mass is 10.0. The van der Waals surface area contributed by atoms with Crippen molar-refractivity contribution in [2.45, 2.75) is 12.8 Å². The molecule has 136 valence electrons. The third kappa shape index (κ3) is 2.75. The third-order valence-electron chi connectivity index (χ3n) is 5.05. The molecule has 0 unspecified atom stereocenters. The SMILES string of the molecule is ON=C1CCc2cc(-c3nc(-c4cccnc4)[nH]c3-c3ccncc3)ccc21. The fourth-order valence-corrected chi connectivity index (χ4v) is 3.67. The summed E-state index contributed by atoms with van der Waals surface area (Å²) in [6.07, 6.45) is 8.72. The van der Waals surface area contributed by atoms with Crippen LogP contribution in [0.3, 0.4) is 0 Å². The largest absolute Gasteiger partial charge is 0.411 e. The molecule has 6 nitrogen and oxygen atoms in total. The Morgan fingerprint density at radius 1 is 0.893 bits per heavy atom. The molecule has 2 N–H and O–H groups in total. The molecule has 0 saturated heterocycles. The van der Waals surface area contributed by atoms with E-state index >= 15 is 0 Å². The van der Waals surface area contributed by atoms with Gasteiger partial charge in [-0.2, -0.15) is 0 Å². The summed E-state index contributed by atoms with van der Waals surface area (Å²) in [5.41, 5.74) is 7.73. The van der Waals surface area contributed by atoms with Crippen molar-refractivity contribution in [2.75, 3.05) is 0 Å². The summed E-state index contributed by atoms with van der Waals surface area (Å²) in [6.45, 7) is 0. The zero-order valence-electron chi connectivity index (χ0n) is 15.0. The van der Waals surface area contributed by atoms with E-state index in [1.807, 2.05) is 36.4 Å². The molecule has 0 radical (unpaired) electrons. The van der Waals surface area contributed by atoms with Crippen molar-refractivity contribution in [1.82, 2.24) is 19.9 Å². The molecular formula is C22H17N5O. The lowest BCUT2D eigenvalue weighted by Crippen LogP contribution is -1.94. The van der Waals surface area contributed by atoms with Crippen LogP contribution in [0.5, 0.6) is 0 Å². The summed E-state index contributed by atoms with van der Waals surface area (Å²) < 4.78 is 0. The predicted molar refractivity (Wildman–Crippen MR) is 107 cm³/mol. The minimum absolute atomic E-state index is 0.744. The third-order valence-corrected chi connectivity index (χ3v) is 5.05. The number of aromatic nitrogens is 4. The molecule has 1 aromatic carbocycles. The van der Waals surface area contributed by atoms with E-state index in [-0.39, 0.29) is 0 Å². The lowest BCUT2D eigenvalue weighted by Gasteiger charge is -2.06. The number of hydrogen-bond donors (Lipinski definition) is 2. The van der Waals surface area contributed by atoms with Gasteiger partial charge in [-0.05, 0) is 48.7 Å². The number of aromatic amines is 1. The van der Waals surface area contributed by atoms with Gasteiger partial charge in [0, 0.05) is 47.0 Å². The van der Waals surface area contributed by atoms with Crippen LogP contribution in [0.1, 0.15) is 17.5 Å². The second kappa shape index (κ2) is 6.74. The highest BCUT2D eigenvalue weighted by atomic mass is 16.4. The fraction of sp³-hybridized carbons (Fsp3) is 0.0909. The first-order valence-corrected chi connectivity index (χ1v) is 9.09. The van der Waals surface area contributed by atoms with Gasteiger partial charge >= 0.3 is 0 Å². The van der Waals surface area contributed by atoms with Gasteiger partial charge in [-0.25, -0.2) is 4.98 Å². The van der Waals surface area contributed by atoms with Crippen molar-refractivity contribution in [3.63, 3.8) is 0 Å². The number of imidazole rings is 1. The summed E-state index contributed by atoms with van der Waals surface area (Å²) >= 11 is 0. The summed E-state index contributed by atoms with van der Waals surface area (Å²) in [5, 5.41) is 12.6. The van der Waals surface area contributed by atoms with Gasteiger partial charge in [-0.15, -0.1) is 0 Å². The molecule has 0 bridgehead atoms. The molecule has 0 amide bonds. The molecule has 4 aromatic rings. The first-order valence-electron chi connectivity index (χ1n) is 9.09. The predicted octanol–water partition coefficient (Wildman–Crippen LogP) is 4.33. The van der Waals surface area contributed by atoms with Crippen molar-refractivity contribution >= 4 is 5.71 Å². The Kier molecular flexibility index (Phi) is 3.94. The average molecular weight is 367 g/mol. The average Bonchev–Trinajstić information content (AvgIpc) is 3.39. The van der Waals surface area contributed by atoms with E-state index in [4.69, 9.17) is 4.98 Å². The first-order chi connectivity index (χ1) is 13.8. The number of nitrogens with zero attached hydrogens (tertiary/aromatic N) is 4. The van der Waals surface area contributed by atoms with Crippen molar-refractivity contribution < 1.29 is 5.21 Å². The zero-order chi connectivity index (χ0) is 18.9. The van der Waals surface area contributed by atoms with Crippen LogP contribution in [0.15, 0.2) is 72.4 Å². The van der Waals surface area contributed by atoms with Gasteiger partial charge in [-0.3, -0.25) is 9.97 Å². The number of nitrogens with one attached hydrogen (secondary N) is 1. The first kappa shape index (κ1) is 16.4. The van der Waals surface area contributed by atoms with Crippen LogP contribution in [0, 0.1) is 0 Å². The second-order valence-corrected chi connectivity index (χ2v) is 6.71. The van der Waals surface area contributed by atoms with Gasteiger partial charge in [0.05, 0.1) is 17.1 Å². The Hall–Kier alpha value is -3.80. The topological polar surface area (TPSA) is 87.0 Å². The number of fused-ring (bicyclic) bond motifs is 1. The highest BCUT2D eigenvalue weighted by Gasteiger charge is 2.21. The number of oxime groups is 1. The standard InChI is InChI=1S/C22H17N5O/c28-27-19-6-4-15-12-16(3-5-18(15)19)21-20(14-7-10-23-11-8-14)25-22(26-21)17-2-1-9-24-13-17/h1-3,5,7-13,28H,4,6H2,(H,25,26). The van der Waals surface area contributed by atoms with Crippen molar-refractivity contribution in [2.24, 2.45) is 5.16 Å². The summed E-state index contributed by atoms with van der Waals surface area (Å²) in [7, 11) is 0. The van der Waals surface area contributed by atoms with Crippen LogP contribution in [-0.4, -0.2) is 30.9 Å². The zero-order valence-corrected chi connectivity index (χ0v) is 15.0. The molecule has 1 aliphatic rings. The highest BCUT2D eigenvalue weighted by Crippen LogP contribution is 2.35. The smallest absolute Gasteiger partial charge is 0.140 e. The van der Waals surface area contributed by atoms with Gasteiger partial charge in [0.25, 0.3) is 0 Å². The van der Waals surface area contributed by atoms with E-state index in [1.165, 1.54) is 5.56 Å². The second-order valence-electron chi connectivity index (χ2n) is 6.71. The van der Waals surface area contributed by atoms with E-state index in [1.54, 1.807) is 24.8 Å². The Morgan fingerprint density at radius 2 is 1.79 bits per heavy atom. The quantitative estimate of drug-likeness (QED) is 0.417. The van der Waals surface area contributed by atoms with E-state index in [2.05, 4.69) is 26.2 Å². The molecule has 1 aliphatic carbocycles. The van der Waals surface area contributed by atoms with Crippen LogP contribution >= 0.6 is 0 Å². The number of benzene rings is 1. The Morgan fingerprint density at radius 3 is 2.57 bits per heavy atom. The Labute approximate surface area is 161 Å². The van der Waals surface area contributed by atoms with Crippen LogP contribution < -0.4 is 0 Å². The van der Waals surface area contributed by atoms with Crippen LogP contribution in [0.2, 0.25) is 0 Å². The van der Waals surface area contributed by atoms with Gasteiger partial charge < -0.3 is 10.2 Å². The van der Waals surface area contributed by atoms with E-state index < -0.39 is 0 Å². The van der Waals surface area contributed by atoms with Crippen molar-refractivity contribution in [3.05, 3.63) is 78.4 Å². The maximum Gasteiger partial charge on any atom is 0.140 e. The molecule has 0 atom stereocenters. The van der Waals surface area contributed by atoms with Crippen LogP contribution in [0.25, 0.3) is 33.9 Å². The Balaban J connectivity index is 1.67. The van der Waals surface area contributed by atoms with Gasteiger partial charge in [-0.1, -0.05) is 17.3 Å². The van der Waals surface area contributed by atoms with E-state index in [0.717, 1.165) is 58.0 Å². The summed E-state index contributed by atoms with van der Waals surface area (Å²) in [4.78, 5) is 16.7. The number of H-pyrrole nitrogens is 1. The van der Waals surface area contributed by atoms with E-state index in [0.29, 0.717) is 0 Å². The molecular weight excluding hydrogens is 350 g/mol. The van der Waals surface area contributed by atoms with E-state index in [9.17, 15) is 5.21 Å². The maximum atomic E-state index is 9.18. The molecule has 0 aliphatic heterocycles. The van der Waals surface area contributed by atoms with Crippen molar-refractivity contribution in [3.8, 4) is 33.9 Å². The minimum Gasteiger partial charge on any atom is -0.411 e. The van der Waals surface area contributed by atoms with Gasteiger partial charge in [0.15, 0.2) is 0 Å². The molecule has 3 heterocycles. The monoisotopic (exact) mass is 367 g/mol. The molecule has 6 heteroatoms. The highest BCUT2D eigenvalue weighted by molar-refractivity contribution is 6.04. The summed E-state index contributed by atoms with van der Waals surface area (Å²) in [5.74, 6) is 0.771. The fourth-order valence-electron chi connectivity index (χ4n) is 3.67. The van der Waals surface area contributed by atoms with Gasteiger partial charge in [0.1, 0.15) is 5.82 Å². The molecule has 3 aromatic heterocycles. The number of rotatable bonds is 3. The summed E-state index contributed by atoms with van der Waals surface area (Å²) in [6, 6.07) is 14.0. The van der Waals surface area contributed by atoms with Crippen molar-refractivity contribution in [1.29, 1.82) is 0 Å². The van der Waals surface area contributed by atoms with Crippen LogP contribution in [0.4, 0.5) is 0 Å². The molecule has 0 saturated carbocycles. The molecule has 28 heavy (non-hydrogen) atoms. The molecule has 5 rings (SSSR count). The molecule has 0 fully saturated rings. The van der Waals surface area contributed by atoms with Crippen LogP contribution in [-0.2, 0) is 6.42 Å². The number of aryl methyl sites for hydroxylation is 1. The Bertz CT molecular complexity index is 1170. The van der Waals surface area contributed by atoms with Gasteiger partial charge in [0.2, 0.25) is 0 Å². The number of hydrogen-bond acceptors (Lipinski definition) is 5. The molecule has 0 spiro atoms. The maximum absolute atomic E-state index is 9.18. The minimum atomic E-state index is 0.744. The lowest BCUT2D eigenvalue weighted by molar-refractivity contribution is 0.318. The number of pyridine rings is 2. The normalized spacial score (nSPS) is 14.4.